The van der Waals surface area contributed by atoms with E-state index in [1.807, 2.05) is 23.1 Å². The van der Waals surface area contributed by atoms with Gasteiger partial charge in [0.1, 0.15) is 12.0 Å². The maximum Gasteiger partial charge on any atom is 0.227 e. The van der Waals surface area contributed by atoms with Gasteiger partial charge in [0.15, 0.2) is 11.0 Å². The summed E-state index contributed by atoms with van der Waals surface area (Å²) in [4.78, 5) is 24.8. The molecular formula is C17H19Cl2N5O. The molecule has 1 amide bonds. The van der Waals surface area contributed by atoms with E-state index < -0.39 is 0 Å². The lowest BCUT2D eigenvalue weighted by Gasteiger charge is -2.36. The van der Waals surface area contributed by atoms with Crippen LogP contribution in [-0.2, 0) is 11.2 Å². The summed E-state index contributed by atoms with van der Waals surface area (Å²) in [6.07, 6.45) is 1.82. The number of nitrogens with zero attached hydrogens (tertiary/aromatic N) is 4. The first kappa shape index (κ1) is 17.8. The Morgan fingerprint density at radius 1 is 1.20 bits per heavy atom. The van der Waals surface area contributed by atoms with Gasteiger partial charge >= 0.3 is 0 Å². The molecule has 1 N–H and O–H groups in total. The molecule has 6 nitrogen and oxygen atoms in total. The molecule has 0 spiro atoms. The van der Waals surface area contributed by atoms with Crippen molar-refractivity contribution in [3.63, 3.8) is 0 Å². The molecule has 1 aromatic carbocycles. The Bertz CT molecular complexity index is 762. The number of piperazine rings is 1. The average Bonchev–Trinajstić information content (AvgIpc) is 2.61. The summed E-state index contributed by atoms with van der Waals surface area (Å²) in [6, 6.07) is 7.42. The maximum absolute atomic E-state index is 12.5. The largest absolute Gasteiger partial charge is 0.383 e. The number of amides is 1. The van der Waals surface area contributed by atoms with Gasteiger partial charge in [-0.1, -0.05) is 35.3 Å². The van der Waals surface area contributed by atoms with Gasteiger partial charge in [0, 0.05) is 38.2 Å². The van der Waals surface area contributed by atoms with Crippen molar-refractivity contribution in [1.82, 2.24) is 14.9 Å². The third kappa shape index (κ3) is 4.14. The molecule has 1 fully saturated rings. The molecule has 132 valence electrons. The number of hydrogen-bond donors (Lipinski definition) is 1. The second-order valence-electron chi connectivity index (χ2n) is 5.79. The lowest BCUT2D eigenvalue weighted by atomic mass is 10.1. The van der Waals surface area contributed by atoms with Crippen molar-refractivity contribution in [2.45, 2.75) is 6.42 Å². The lowest BCUT2D eigenvalue weighted by Crippen LogP contribution is -2.49. The monoisotopic (exact) mass is 379 g/mol. The summed E-state index contributed by atoms with van der Waals surface area (Å²) in [7, 11) is 1.79. The van der Waals surface area contributed by atoms with Crippen molar-refractivity contribution < 1.29 is 4.79 Å². The number of rotatable bonds is 4. The molecule has 0 atom stereocenters. The minimum absolute atomic E-state index is 0.108. The van der Waals surface area contributed by atoms with E-state index in [2.05, 4.69) is 20.2 Å². The van der Waals surface area contributed by atoms with Crippen molar-refractivity contribution >= 4 is 40.6 Å². The van der Waals surface area contributed by atoms with Crippen LogP contribution in [0.2, 0.25) is 10.2 Å². The van der Waals surface area contributed by atoms with E-state index in [9.17, 15) is 4.79 Å². The van der Waals surface area contributed by atoms with Gasteiger partial charge in [-0.15, -0.1) is 0 Å². The standard InChI is InChI=1S/C17H19Cl2N5O/c1-20-15-16(19)21-11-22-17(15)24-7-5-23(6-8-24)14(25)10-12-3-2-4-13(18)9-12/h2-4,9,11,20H,5-8,10H2,1H3. The average molecular weight is 380 g/mol. The molecule has 1 aliphatic rings. The second-order valence-corrected chi connectivity index (χ2v) is 6.58. The van der Waals surface area contributed by atoms with Gasteiger partial charge in [-0.05, 0) is 17.7 Å². The summed E-state index contributed by atoms with van der Waals surface area (Å²) in [6.45, 7) is 2.68. The molecule has 3 rings (SSSR count). The van der Waals surface area contributed by atoms with Crippen LogP contribution in [0.3, 0.4) is 0 Å². The zero-order valence-electron chi connectivity index (χ0n) is 13.9. The third-order valence-electron chi connectivity index (χ3n) is 4.21. The van der Waals surface area contributed by atoms with Crippen LogP contribution in [-0.4, -0.2) is 54.0 Å². The van der Waals surface area contributed by atoms with Crippen LogP contribution in [0.25, 0.3) is 0 Å². The number of halogens is 2. The molecule has 2 heterocycles. The summed E-state index contributed by atoms with van der Waals surface area (Å²) < 4.78 is 0. The van der Waals surface area contributed by atoms with E-state index in [1.165, 1.54) is 6.33 Å². The fourth-order valence-corrected chi connectivity index (χ4v) is 3.35. The van der Waals surface area contributed by atoms with Crippen molar-refractivity contribution in [2.24, 2.45) is 0 Å². The lowest BCUT2D eigenvalue weighted by molar-refractivity contribution is -0.130. The molecule has 0 bridgehead atoms. The molecule has 0 saturated carbocycles. The van der Waals surface area contributed by atoms with E-state index in [0.717, 1.165) is 11.4 Å². The number of carbonyl (C=O) groups is 1. The van der Waals surface area contributed by atoms with Gasteiger partial charge in [0.05, 0.1) is 6.42 Å². The van der Waals surface area contributed by atoms with Crippen LogP contribution in [0.15, 0.2) is 30.6 Å². The smallest absolute Gasteiger partial charge is 0.227 e. The SMILES string of the molecule is CNc1c(Cl)ncnc1N1CCN(C(=O)Cc2cccc(Cl)c2)CC1. The summed E-state index contributed by atoms with van der Waals surface area (Å²) in [5.41, 5.74) is 1.64. The molecule has 2 aromatic rings. The van der Waals surface area contributed by atoms with Gasteiger partial charge in [-0.25, -0.2) is 9.97 Å². The van der Waals surface area contributed by atoms with Gasteiger partial charge in [0.2, 0.25) is 5.91 Å². The molecule has 0 unspecified atom stereocenters. The van der Waals surface area contributed by atoms with Crippen molar-refractivity contribution in [2.75, 3.05) is 43.4 Å². The molecular weight excluding hydrogens is 361 g/mol. The Kier molecular flexibility index (Phi) is 5.60. The Morgan fingerprint density at radius 3 is 2.64 bits per heavy atom. The predicted octanol–water partition coefficient (Wildman–Crippen LogP) is 2.72. The van der Waals surface area contributed by atoms with Gasteiger partial charge in [-0.3, -0.25) is 4.79 Å². The Hall–Kier alpha value is -2.05. The molecule has 1 saturated heterocycles. The highest BCUT2D eigenvalue weighted by molar-refractivity contribution is 6.32. The van der Waals surface area contributed by atoms with Gasteiger partial charge in [0.25, 0.3) is 0 Å². The molecule has 0 aliphatic carbocycles. The Labute approximate surface area is 156 Å². The quantitative estimate of drug-likeness (QED) is 0.827. The molecule has 0 radical (unpaired) electrons. The highest BCUT2D eigenvalue weighted by Crippen LogP contribution is 2.29. The molecule has 8 heteroatoms. The van der Waals surface area contributed by atoms with Crippen molar-refractivity contribution in [3.05, 3.63) is 46.3 Å². The zero-order chi connectivity index (χ0) is 17.8. The normalized spacial score (nSPS) is 14.5. The van der Waals surface area contributed by atoms with E-state index >= 15 is 0 Å². The zero-order valence-corrected chi connectivity index (χ0v) is 15.4. The molecule has 1 aromatic heterocycles. The minimum Gasteiger partial charge on any atom is -0.383 e. The molecule has 25 heavy (non-hydrogen) atoms. The predicted molar refractivity (Wildman–Crippen MR) is 101 cm³/mol. The summed E-state index contributed by atoms with van der Waals surface area (Å²) in [5.74, 6) is 0.876. The highest BCUT2D eigenvalue weighted by atomic mass is 35.5. The van der Waals surface area contributed by atoms with Crippen molar-refractivity contribution in [3.8, 4) is 0 Å². The van der Waals surface area contributed by atoms with E-state index in [-0.39, 0.29) is 5.91 Å². The van der Waals surface area contributed by atoms with Crippen LogP contribution in [0.4, 0.5) is 11.5 Å². The number of hydrogen-bond acceptors (Lipinski definition) is 5. The number of aromatic nitrogens is 2. The minimum atomic E-state index is 0.108. The highest BCUT2D eigenvalue weighted by Gasteiger charge is 2.24. The van der Waals surface area contributed by atoms with Crippen molar-refractivity contribution in [1.29, 1.82) is 0 Å². The first-order valence-electron chi connectivity index (χ1n) is 8.04. The number of carbonyl (C=O) groups excluding carboxylic acids is 1. The fourth-order valence-electron chi connectivity index (χ4n) is 2.91. The van der Waals surface area contributed by atoms with Crippen LogP contribution in [0.5, 0.6) is 0 Å². The third-order valence-corrected chi connectivity index (χ3v) is 4.73. The second kappa shape index (κ2) is 7.89. The Balaban J connectivity index is 1.62. The number of benzene rings is 1. The van der Waals surface area contributed by atoms with Gasteiger partial charge in [-0.2, -0.15) is 0 Å². The fraction of sp³-hybridized carbons (Fsp3) is 0.353. The van der Waals surface area contributed by atoms with E-state index in [1.54, 1.807) is 13.1 Å². The van der Waals surface area contributed by atoms with E-state index in [0.29, 0.717) is 48.5 Å². The molecule has 1 aliphatic heterocycles. The summed E-state index contributed by atoms with van der Waals surface area (Å²) in [5, 5.41) is 4.09. The van der Waals surface area contributed by atoms with Crippen LogP contribution in [0, 0.1) is 0 Å². The number of anilines is 2. The van der Waals surface area contributed by atoms with Gasteiger partial charge < -0.3 is 15.1 Å². The first-order chi connectivity index (χ1) is 12.1. The van der Waals surface area contributed by atoms with Crippen LogP contribution in [0.1, 0.15) is 5.56 Å². The van der Waals surface area contributed by atoms with Crippen LogP contribution < -0.4 is 10.2 Å². The van der Waals surface area contributed by atoms with Crippen LogP contribution >= 0.6 is 23.2 Å². The topological polar surface area (TPSA) is 61.4 Å². The number of nitrogens with one attached hydrogen (secondary N) is 1. The summed E-state index contributed by atoms with van der Waals surface area (Å²) >= 11 is 12.1. The first-order valence-corrected chi connectivity index (χ1v) is 8.79. The Morgan fingerprint density at radius 2 is 1.96 bits per heavy atom. The maximum atomic E-state index is 12.5. The van der Waals surface area contributed by atoms with E-state index in [4.69, 9.17) is 23.2 Å².